The lowest BCUT2D eigenvalue weighted by Gasteiger charge is -2.36. The zero-order valence-corrected chi connectivity index (χ0v) is 9.01. The molecule has 1 rings (SSSR count). The quantitative estimate of drug-likeness (QED) is 0.665. The highest BCUT2D eigenvalue weighted by Crippen LogP contribution is 2.33. The number of hydrogen-bond acceptors (Lipinski definition) is 1. The summed E-state index contributed by atoms with van der Waals surface area (Å²) in [7, 11) is 0. The monoisotopic (exact) mass is 217 g/mol. The number of alkyl halides is 2. The molecule has 4 heteroatoms. The maximum atomic E-state index is 13.1. The molecule has 2 nitrogen and oxygen atoms in total. The lowest BCUT2D eigenvalue weighted by Crippen LogP contribution is -2.48. The van der Waals surface area contributed by atoms with Gasteiger partial charge in [0, 0.05) is 31.8 Å². The number of allylic oxidation sites excluding steroid dienone is 1. The highest BCUT2D eigenvalue weighted by atomic mass is 19.3. The zero-order chi connectivity index (χ0) is 11.5. The second-order valence-corrected chi connectivity index (χ2v) is 4.08. The van der Waals surface area contributed by atoms with E-state index in [1.165, 1.54) is 11.8 Å². The van der Waals surface area contributed by atoms with Crippen LogP contribution in [-0.4, -0.2) is 29.8 Å². The Balaban J connectivity index is 2.47. The number of nitrogens with zero attached hydrogens (tertiary/aromatic N) is 1. The molecule has 1 atom stereocenters. The number of carbonyl (C=O) groups is 1. The van der Waals surface area contributed by atoms with Crippen molar-refractivity contribution in [3.63, 3.8) is 0 Å². The van der Waals surface area contributed by atoms with Crippen LogP contribution in [0.3, 0.4) is 0 Å². The Labute approximate surface area is 88.9 Å². The van der Waals surface area contributed by atoms with Crippen molar-refractivity contribution in [3.8, 4) is 0 Å². The van der Waals surface area contributed by atoms with Gasteiger partial charge in [0.2, 0.25) is 5.91 Å². The molecule has 1 heterocycles. The number of likely N-dealkylation sites (tertiary alicyclic amines) is 1. The first-order valence-corrected chi connectivity index (χ1v) is 5.24. The molecule has 1 saturated heterocycles. The fourth-order valence-corrected chi connectivity index (χ4v) is 1.70. The Morgan fingerprint density at radius 1 is 1.67 bits per heavy atom. The molecule has 0 spiro atoms. The van der Waals surface area contributed by atoms with Gasteiger partial charge in [0.25, 0.3) is 5.92 Å². The van der Waals surface area contributed by atoms with E-state index in [4.69, 9.17) is 0 Å². The number of halogens is 2. The van der Waals surface area contributed by atoms with Crippen molar-refractivity contribution in [1.82, 2.24) is 4.90 Å². The summed E-state index contributed by atoms with van der Waals surface area (Å²) in [6.07, 6.45) is 2.44. The van der Waals surface area contributed by atoms with Gasteiger partial charge in [-0.3, -0.25) is 4.79 Å². The van der Waals surface area contributed by atoms with E-state index in [0.29, 0.717) is 12.8 Å². The SMILES string of the molecule is C=CCCC(=O)N1CCC(F)(F)[C@H](C)C1. The first-order valence-electron chi connectivity index (χ1n) is 5.24. The van der Waals surface area contributed by atoms with Crippen molar-refractivity contribution in [1.29, 1.82) is 0 Å². The van der Waals surface area contributed by atoms with Gasteiger partial charge in [-0.25, -0.2) is 8.78 Å². The van der Waals surface area contributed by atoms with Crippen LogP contribution in [0.4, 0.5) is 8.78 Å². The molecule has 1 aliphatic heterocycles. The molecule has 0 radical (unpaired) electrons. The predicted octanol–water partition coefficient (Wildman–Crippen LogP) is 2.46. The summed E-state index contributed by atoms with van der Waals surface area (Å²) < 4.78 is 26.3. The molecule has 1 fully saturated rings. The largest absolute Gasteiger partial charge is 0.342 e. The number of piperidine rings is 1. The molecule has 0 N–H and O–H groups in total. The van der Waals surface area contributed by atoms with Crippen LogP contribution in [0.1, 0.15) is 26.2 Å². The maximum Gasteiger partial charge on any atom is 0.254 e. The second kappa shape index (κ2) is 4.73. The van der Waals surface area contributed by atoms with Crippen molar-refractivity contribution in [2.45, 2.75) is 32.1 Å². The summed E-state index contributed by atoms with van der Waals surface area (Å²) in [6, 6.07) is 0. The molecular weight excluding hydrogens is 200 g/mol. The van der Waals surface area contributed by atoms with E-state index in [-0.39, 0.29) is 25.4 Å². The summed E-state index contributed by atoms with van der Waals surface area (Å²) in [5, 5.41) is 0. The van der Waals surface area contributed by atoms with Crippen LogP contribution >= 0.6 is 0 Å². The smallest absolute Gasteiger partial charge is 0.254 e. The Hall–Kier alpha value is -0.930. The van der Waals surface area contributed by atoms with Crippen LogP contribution < -0.4 is 0 Å². The molecule has 0 saturated carbocycles. The Morgan fingerprint density at radius 2 is 2.33 bits per heavy atom. The van der Waals surface area contributed by atoms with Gasteiger partial charge in [0.05, 0.1) is 0 Å². The van der Waals surface area contributed by atoms with Crippen molar-refractivity contribution < 1.29 is 13.6 Å². The normalized spacial score (nSPS) is 25.0. The van der Waals surface area contributed by atoms with Crippen LogP contribution in [0, 0.1) is 5.92 Å². The minimum Gasteiger partial charge on any atom is -0.342 e. The zero-order valence-electron chi connectivity index (χ0n) is 9.01. The standard InChI is InChI=1S/C11H17F2NO/c1-3-4-5-10(15)14-7-6-11(12,13)9(2)8-14/h3,9H,1,4-8H2,2H3/t9-/m1/s1. The van der Waals surface area contributed by atoms with Crippen LogP contribution in [0.25, 0.3) is 0 Å². The van der Waals surface area contributed by atoms with Crippen molar-refractivity contribution in [3.05, 3.63) is 12.7 Å². The first-order chi connectivity index (χ1) is 6.97. The molecule has 0 bridgehead atoms. The number of rotatable bonds is 3. The van der Waals surface area contributed by atoms with Crippen LogP contribution in [0.15, 0.2) is 12.7 Å². The van der Waals surface area contributed by atoms with Crippen molar-refractivity contribution in [2.75, 3.05) is 13.1 Å². The van der Waals surface area contributed by atoms with E-state index < -0.39 is 11.8 Å². The molecule has 0 aromatic heterocycles. The van der Waals surface area contributed by atoms with Crippen molar-refractivity contribution >= 4 is 5.91 Å². The lowest BCUT2D eigenvalue weighted by molar-refractivity contribution is -0.143. The predicted molar refractivity (Wildman–Crippen MR) is 54.7 cm³/mol. The van der Waals surface area contributed by atoms with Crippen molar-refractivity contribution in [2.24, 2.45) is 5.92 Å². The third-order valence-electron chi connectivity index (χ3n) is 2.85. The number of amides is 1. The van der Waals surface area contributed by atoms with Crippen LogP contribution in [0.2, 0.25) is 0 Å². The highest BCUT2D eigenvalue weighted by Gasteiger charge is 2.41. The van der Waals surface area contributed by atoms with Gasteiger partial charge in [-0.2, -0.15) is 0 Å². The van der Waals surface area contributed by atoms with E-state index in [9.17, 15) is 13.6 Å². The molecule has 0 aromatic rings. The number of carbonyl (C=O) groups excluding carboxylic acids is 1. The fourth-order valence-electron chi connectivity index (χ4n) is 1.70. The third kappa shape index (κ3) is 3.01. The summed E-state index contributed by atoms with van der Waals surface area (Å²) in [4.78, 5) is 13.1. The lowest BCUT2D eigenvalue weighted by atomic mass is 9.95. The van der Waals surface area contributed by atoms with E-state index in [1.807, 2.05) is 0 Å². The van der Waals surface area contributed by atoms with Gasteiger partial charge in [-0.15, -0.1) is 6.58 Å². The van der Waals surface area contributed by atoms with E-state index in [0.717, 1.165) is 0 Å². The molecule has 86 valence electrons. The molecule has 1 aliphatic rings. The molecule has 0 unspecified atom stereocenters. The second-order valence-electron chi connectivity index (χ2n) is 4.08. The van der Waals surface area contributed by atoms with Crippen LogP contribution in [0.5, 0.6) is 0 Å². The average Bonchev–Trinajstić information content (AvgIpc) is 2.18. The van der Waals surface area contributed by atoms with Gasteiger partial charge >= 0.3 is 0 Å². The van der Waals surface area contributed by atoms with Gasteiger partial charge in [-0.05, 0) is 6.42 Å². The summed E-state index contributed by atoms with van der Waals surface area (Å²) in [5.74, 6) is -3.40. The summed E-state index contributed by atoms with van der Waals surface area (Å²) in [5.41, 5.74) is 0. The molecule has 1 amide bonds. The van der Waals surface area contributed by atoms with E-state index in [2.05, 4.69) is 6.58 Å². The van der Waals surface area contributed by atoms with Gasteiger partial charge < -0.3 is 4.90 Å². The highest BCUT2D eigenvalue weighted by molar-refractivity contribution is 5.76. The van der Waals surface area contributed by atoms with Gasteiger partial charge in [-0.1, -0.05) is 13.0 Å². The number of hydrogen-bond donors (Lipinski definition) is 0. The molecule has 15 heavy (non-hydrogen) atoms. The van der Waals surface area contributed by atoms with E-state index >= 15 is 0 Å². The van der Waals surface area contributed by atoms with Gasteiger partial charge in [0.15, 0.2) is 0 Å². The van der Waals surface area contributed by atoms with Crippen LogP contribution in [-0.2, 0) is 4.79 Å². The average molecular weight is 217 g/mol. The molecule has 0 aliphatic carbocycles. The summed E-state index contributed by atoms with van der Waals surface area (Å²) >= 11 is 0. The Kier molecular flexibility index (Phi) is 3.83. The maximum absolute atomic E-state index is 13.1. The fraction of sp³-hybridized carbons (Fsp3) is 0.727. The Bertz CT molecular complexity index is 253. The first kappa shape index (κ1) is 12.1. The molecular formula is C11H17F2NO. The molecule has 0 aromatic carbocycles. The van der Waals surface area contributed by atoms with E-state index in [1.54, 1.807) is 6.08 Å². The Morgan fingerprint density at radius 3 is 2.87 bits per heavy atom. The third-order valence-corrected chi connectivity index (χ3v) is 2.85. The summed E-state index contributed by atoms with van der Waals surface area (Å²) in [6.45, 7) is 5.36. The minimum atomic E-state index is -2.62. The van der Waals surface area contributed by atoms with Gasteiger partial charge in [0.1, 0.15) is 0 Å². The minimum absolute atomic E-state index is 0.0442. The topological polar surface area (TPSA) is 20.3 Å².